The molecular weight excluding hydrogens is 412 g/mol. The van der Waals surface area contributed by atoms with Crippen molar-refractivity contribution in [2.45, 2.75) is 32.2 Å². The molecule has 0 spiro atoms. The zero-order chi connectivity index (χ0) is 18.9. The highest BCUT2D eigenvalue weighted by Gasteiger charge is 2.16. The number of nitrogens with zero attached hydrogens (tertiary/aromatic N) is 4. The van der Waals surface area contributed by atoms with Crippen molar-refractivity contribution in [1.29, 1.82) is 0 Å². The minimum Gasteiger partial charge on any atom is -0.310 e. The molecule has 4 nitrogen and oxygen atoms in total. The Labute approximate surface area is 173 Å². The standard InChI is InChI=1S/C23H25BrN4/c24-19-11-9-18(10-12-19)22-17-28-21-8-3-2-7-20(21)25-23(28)27(22)16-6-15-26-13-4-1-5-14-26/h2-3,7-12,17H,1,4-6,13-16H2. The SMILES string of the molecule is Brc1ccc(-c2cn3c4ccccc4nc3n2CCCN2CCCCC2)cc1. The second-order valence-corrected chi connectivity index (χ2v) is 8.61. The summed E-state index contributed by atoms with van der Waals surface area (Å²) < 4.78 is 5.75. The summed E-state index contributed by atoms with van der Waals surface area (Å²) in [5.74, 6) is 1.04. The van der Waals surface area contributed by atoms with Crippen molar-refractivity contribution in [2.24, 2.45) is 0 Å². The van der Waals surface area contributed by atoms with E-state index in [2.05, 4.69) is 84.5 Å². The van der Waals surface area contributed by atoms with Crippen LogP contribution in [0.4, 0.5) is 0 Å². The summed E-state index contributed by atoms with van der Waals surface area (Å²) in [6.07, 6.45) is 7.49. The second-order valence-electron chi connectivity index (χ2n) is 7.70. The van der Waals surface area contributed by atoms with Crippen LogP contribution in [0.3, 0.4) is 0 Å². The van der Waals surface area contributed by atoms with E-state index < -0.39 is 0 Å². The number of aromatic nitrogens is 3. The number of hydrogen-bond acceptors (Lipinski definition) is 2. The third kappa shape index (κ3) is 3.38. The summed E-state index contributed by atoms with van der Waals surface area (Å²) in [4.78, 5) is 7.56. The van der Waals surface area contributed by atoms with Gasteiger partial charge >= 0.3 is 0 Å². The smallest absolute Gasteiger partial charge is 0.215 e. The molecule has 1 fully saturated rings. The molecule has 0 saturated carbocycles. The van der Waals surface area contributed by atoms with Crippen LogP contribution in [0.15, 0.2) is 59.2 Å². The fraction of sp³-hybridized carbons (Fsp3) is 0.348. The quantitative estimate of drug-likeness (QED) is 0.407. The summed E-state index contributed by atoms with van der Waals surface area (Å²) in [6.45, 7) is 4.67. The minimum absolute atomic E-state index is 0.988. The first kappa shape index (κ1) is 18.0. The molecule has 2 aromatic carbocycles. The molecule has 2 aromatic heterocycles. The van der Waals surface area contributed by atoms with E-state index in [9.17, 15) is 0 Å². The zero-order valence-corrected chi connectivity index (χ0v) is 17.6. The summed E-state index contributed by atoms with van der Waals surface area (Å²) >= 11 is 3.55. The molecule has 1 aliphatic heterocycles. The van der Waals surface area contributed by atoms with E-state index >= 15 is 0 Å². The molecule has 4 aromatic rings. The summed E-state index contributed by atoms with van der Waals surface area (Å²) in [5.41, 5.74) is 4.70. The number of halogens is 1. The lowest BCUT2D eigenvalue weighted by molar-refractivity contribution is 0.223. The second kappa shape index (κ2) is 7.72. The third-order valence-electron chi connectivity index (χ3n) is 5.81. The zero-order valence-electron chi connectivity index (χ0n) is 16.0. The largest absolute Gasteiger partial charge is 0.310 e. The van der Waals surface area contributed by atoms with E-state index in [1.165, 1.54) is 55.7 Å². The Hall–Kier alpha value is -2.11. The van der Waals surface area contributed by atoms with Gasteiger partial charge in [-0.3, -0.25) is 4.40 Å². The van der Waals surface area contributed by atoms with Gasteiger partial charge in [-0.15, -0.1) is 0 Å². The molecule has 144 valence electrons. The molecule has 0 N–H and O–H groups in total. The van der Waals surface area contributed by atoms with Crippen LogP contribution in [0.25, 0.3) is 28.1 Å². The summed E-state index contributed by atoms with van der Waals surface area (Å²) in [5, 5.41) is 0. The van der Waals surface area contributed by atoms with Crippen molar-refractivity contribution in [3.05, 3.63) is 59.2 Å². The molecular formula is C23H25BrN4. The van der Waals surface area contributed by atoms with Gasteiger partial charge in [0.15, 0.2) is 0 Å². The first-order valence-electron chi connectivity index (χ1n) is 10.2. The molecule has 0 radical (unpaired) electrons. The van der Waals surface area contributed by atoms with Crippen LogP contribution in [-0.2, 0) is 6.54 Å². The highest BCUT2D eigenvalue weighted by atomic mass is 79.9. The van der Waals surface area contributed by atoms with Crippen LogP contribution in [-0.4, -0.2) is 38.5 Å². The highest BCUT2D eigenvalue weighted by Crippen LogP contribution is 2.28. The summed E-state index contributed by atoms with van der Waals surface area (Å²) in [6, 6.07) is 17.0. The first-order chi connectivity index (χ1) is 13.8. The van der Waals surface area contributed by atoms with E-state index in [0.29, 0.717) is 0 Å². The van der Waals surface area contributed by atoms with Gasteiger partial charge in [0.05, 0.1) is 16.7 Å². The van der Waals surface area contributed by atoms with E-state index in [1.807, 2.05) is 0 Å². The maximum absolute atomic E-state index is 4.95. The molecule has 3 heterocycles. The van der Waals surface area contributed by atoms with E-state index in [-0.39, 0.29) is 0 Å². The lowest BCUT2D eigenvalue weighted by Crippen LogP contribution is -2.31. The van der Waals surface area contributed by atoms with Crippen molar-refractivity contribution < 1.29 is 0 Å². The number of fused-ring (bicyclic) bond motifs is 3. The van der Waals surface area contributed by atoms with Gasteiger partial charge < -0.3 is 9.47 Å². The average Bonchev–Trinajstić information content (AvgIpc) is 3.26. The van der Waals surface area contributed by atoms with E-state index in [0.717, 1.165) is 28.7 Å². The number of imidazole rings is 2. The van der Waals surface area contributed by atoms with Crippen molar-refractivity contribution in [2.75, 3.05) is 19.6 Å². The molecule has 5 rings (SSSR count). The predicted molar refractivity (Wildman–Crippen MR) is 119 cm³/mol. The van der Waals surface area contributed by atoms with E-state index in [4.69, 9.17) is 4.98 Å². The van der Waals surface area contributed by atoms with Crippen LogP contribution >= 0.6 is 15.9 Å². The number of para-hydroxylation sites is 2. The maximum Gasteiger partial charge on any atom is 0.215 e. The van der Waals surface area contributed by atoms with Crippen molar-refractivity contribution in [3.8, 4) is 11.3 Å². The van der Waals surface area contributed by atoms with Crippen LogP contribution < -0.4 is 0 Å². The van der Waals surface area contributed by atoms with Gasteiger partial charge in [0.2, 0.25) is 5.78 Å². The van der Waals surface area contributed by atoms with Crippen molar-refractivity contribution in [3.63, 3.8) is 0 Å². The Morgan fingerprint density at radius 2 is 1.68 bits per heavy atom. The van der Waals surface area contributed by atoms with Crippen molar-refractivity contribution in [1.82, 2.24) is 18.9 Å². The Morgan fingerprint density at radius 3 is 2.50 bits per heavy atom. The molecule has 0 bridgehead atoms. The predicted octanol–water partition coefficient (Wildman–Crippen LogP) is 5.59. The Bertz CT molecular complexity index is 1090. The highest BCUT2D eigenvalue weighted by molar-refractivity contribution is 9.10. The molecule has 0 unspecified atom stereocenters. The maximum atomic E-state index is 4.95. The van der Waals surface area contributed by atoms with Crippen LogP contribution in [0.2, 0.25) is 0 Å². The Kier molecular flexibility index (Phi) is 4.95. The molecule has 0 aliphatic carbocycles. The molecule has 1 saturated heterocycles. The minimum atomic E-state index is 0.988. The lowest BCUT2D eigenvalue weighted by atomic mass is 10.1. The fourth-order valence-corrected chi connectivity index (χ4v) is 4.62. The molecule has 1 aliphatic rings. The normalized spacial score (nSPS) is 15.6. The summed E-state index contributed by atoms with van der Waals surface area (Å²) in [7, 11) is 0. The topological polar surface area (TPSA) is 25.5 Å². The molecule has 0 amide bonds. The molecule has 28 heavy (non-hydrogen) atoms. The third-order valence-corrected chi connectivity index (χ3v) is 6.33. The van der Waals surface area contributed by atoms with Crippen molar-refractivity contribution >= 4 is 32.7 Å². The van der Waals surface area contributed by atoms with Gasteiger partial charge in [0.25, 0.3) is 0 Å². The van der Waals surface area contributed by atoms with Gasteiger partial charge in [-0.2, -0.15) is 0 Å². The van der Waals surface area contributed by atoms with Gasteiger partial charge in [0, 0.05) is 17.2 Å². The monoisotopic (exact) mass is 436 g/mol. The van der Waals surface area contributed by atoms with Gasteiger partial charge in [-0.25, -0.2) is 4.98 Å². The molecule has 0 atom stereocenters. The average molecular weight is 437 g/mol. The number of piperidine rings is 1. The number of aryl methyl sites for hydroxylation is 1. The molecule has 5 heteroatoms. The van der Waals surface area contributed by atoms with Crippen LogP contribution in [0, 0.1) is 0 Å². The van der Waals surface area contributed by atoms with Gasteiger partial charge in [0.1, 0.15) is 0 Å². The van der Waals surface area contributed by atoms with Gasteiger partial charge in [-0.05, 0) is 68.7 Å². The van der Waals surface area contributed by atoms with E-state index in [1.54, 1.807) is 0 Å². The number of likely N-dealkylation sites (tertiary alicyclic amines) is 1. The first-order valence-corrected chi connectivity index (χ1v) is 11.0. The number of benzene rings is 2. The number of rotatable bonds is 5. The Balaban J connectivity index is 1.51. The van der Waals surface area contributed by atoms with Gasteiger partial charge in [-0.1, -0.05) is 46.6 Å². The fourth-order valence-electron chi connectivity index (χ4n) is 4.36. The Morgan fingerprint density at radius 1 is 0.893 bits per heavy atom. The number of hydrogen-bond donors (Lipinski definition) is 0. The lowest BCUT2D eigenvalue weighted by Gasteiger charge is -2.26. The van der Waals surface area contributed by atoms with Crippen LogP contribution in [0.5, 0.6) is 0 Å². The van der Waals surface area contributed by atoms with Crippen LogP contribution in [0.1, 0.15) is 25.7 Å².